The van der Waals surface area contributed by atoms with Crippen molar-refractivity contribution in [2.45, 2.75) is 65.0 Å². The van der Waals surface area contributed by atoms with Crippen LogP contribution in [-0.4, -0.2) is 24.0 Å². The van der Waals surface area contributed by atoms with Gasteiger partial charge in [0.2, 0.25) is 0 Å². The van der Waals surface area contributed by atoms with E-state index < -0.39 is 0 Å². The molecule has 0 aliphatic heterocycles. The third-order valence-corrected chi connectivity index (χ3v) is 5.33. The predicted octanol–water partition coefficient (Wildman–Crippen LogP) is 4.15. The number of nitrogens with two attached hydrogens (primary N) is 1. The molecule has 1 aliphatic rings. The zero-order chi connectivity index (χ0) is 15.2. The van der Waals surface area contributed by atoms with Crippen LogP contribution >= 0.6 is 0 Å². The second-order valence-corrected chi connectivity index (χ2v) is 6.45. The molecular weight excluding hydrogens is 256 g/mol. The van der Waals surface area contributed by atoms with Crippen molar-refractivity contribution in [3.63, 3.8) is 0 Å². The fraction of sp³-hybridized carbons (Fsp3) is 0.684. The molecule has 2 heteroatoms. The van der Waals surface area contributed by atoms with Crippen molar-refractivity contribution in [3.8, 4) is 0 Å². The topological polar surface area (TPSA) is 29.3 Å². The minimum Gasteiger partial charge on any atom is -0.330 e. The lowest BCUT2D eigenvalue weighted by molar-refractivity contribution is 0.0769. The first-order chi connectivity index (χ1) is 10.2. The Morgan fingerprint density at radius 2 is 1.81 bits per heavy atom. The van der Waals surface area contributed by atoms with Gasteiger partial charge >= 0.3 is 0 Å². The smallest absolute Gasteiger partial charge is 0.0322 e. The highest BCUT2D eigenvalue weighted by Gasteiger charge is 2.31. The average molecular weight is 288 g/mol. The first-order valence-corrected chi connectivity index (χ1v) is 8.75. The van der Waals surface area contributed by atoms with E-state index in [0.29, 0.717) is 18.0 Å². The van der Waals surface area contributed by atoms with E-state index in [2.05, 4.69) is 49.9 Å². The molecule has 1 saturated carbocycles. The van der Waals surface area contributed by atoms with Crippen molar-refractivity contribution in [2.75, 3.05) is 13.1 Å². The highest BCUT2D eigenvalue weighted by molar-refractivity contribution is 5.25. The number of hydrogen-bond acceptors (Lipinski definition) is 2. The van der Waals surface area contributed by atoms with Crippen molar-refractivity contribution in [3.05, 3.63) is 35.4 Å². The fourth-order valence-electron chi connectivity index (χ4n) is 3.92. The molecule has 2 nitrogen and oxygen atoms in total. The van der Waals surface area contributed by atoms with Crippen LogP contribution in [0.25, 0.3) is 0 Å². The van der Waals surface area contributed by atoms with Gasteiger partial charge < -0.3 is 5.73 Å². The molecule has 0 aromatic heterocycles. The molecule has 1 aromatic rings. The third kappa shape index (κ3) is 3.87. The van der Waals surface area contributed by atoms with Crippen molar-refractivity contribution >= 4 is 0 Å². The maximum absolute atomic E-state index is 6.04. The zero-order valence-corrected chi connectivity index (χ0v) is 14.0. The molecule has 118 valence electrons. The molecule has 0 radical (unpaired) electrons. The first kappa shape index (κ1) is 16.5. The lowest BCUT2D eigenvalue weighted by Gasteiger charge is -2.42. The standard InChI is InChI=1S/C19H32N2/c1-4-16-10-12-17(13-11-16)15(3)21(5-2)19-9-7-6-8-18(19)14-20/h10-13,15,18-19H,4-9,14,20H2,1-3H3. The van der Waals surface area contributed by atoms with Crippen molar-refractivity contribution < 1.29 is 0 Å². The van der Waals surface area contributed by atoms with Crippen LogP contribution in [0.4, 0.5) is 0 Å². The average Bonchev–Trinajstić information content (AvgIpc) is 2.56. The molecule has 21 heavy (non-hydrogen) atoms. The summed E-state index contributed by atoms with van der Waals surface area (Å²) >= 11 is 0. The molecule has 0 bridgehead atoms. The molecule has 1 aliphatic carbocycles. The number of aryl methyl sites for hydroxylation is 1. The number of hydrogen-bond donors (Lipinski definition) is 1. The lowest BCUT2D eigenvalue weighted by Crippen LogP contribution is -2.46. The Morgan fingerprint density at radius 3 is 2.38 bits per heavy atom. The largest absolute Gasteiger partial charge is 0.330 e. The SMILES string of the molecule is CCc1ccc(C(C)N(CC)C2CCCCC2CN)cc1. The molecule has 0 amide bonds. The van der Waals surface area contributed by atoms with Crippen LogP contribution in [0.3, 0.4) is 0 Å². The summed E-state index contributed by atoms with van der Waals surface area (Å²) in [4.78, 5) is 2.68. The van der Waals surface area contributed by atoms with E-state index in [9.17, 15) is 0 Å². The summed E-state index contributed by atoms with van der Waals surface area (Å²) in [5.74, 6) is 0.677. The molecule has 3 unspecified atom stereocenters. The van der Waals surface area contributed by atoms with Gasteiger partial charge in [-0.3, -0.25) is 4.90 Å². The maximum Gasteiger partial charge on any atom is 0.0322 e. The van der Waals surface area contributed by atoms with Crippen molar-refractivity contribution in [1.29, 1.82) is 0 Å². The molecule has 0 spiro atoms. The Kier molecular flexibility index (Phi) is 6.25. The van der Waals surface area contributed by atoms with E-state index in [4.69, 9.17) is 5.73 Å². The zero-order valence-electron chi connectivity index (χ0n) is 14.0. The minimum absolute atomic E-state index is 0.484. The normalized spacial score (nSPS) is 24.2. The van der Waals surface area contributed by atoms with E-state index in [-0.39, 0.29) is 0 Å². The summed E-state index contributed by atoms with van der Waals surface area (Å²) in [6.45, 7) is 8.80. The van der Waals surface area contributed by atoms with E-state index in [1.165, 1.54) is 36.8 Å². The molecule has 0 heterocycles. The minimum atomic E-state index is 0.484. The third-order valence-electron chi connectivity index (χ3n) is 5.33. The Morgan fingerprint density at radius 1 is 1.14 bits per heavy atom. The molecular formula is C19H32N2. The summed E-state index contributed by atoms with van der Waals surface area (Å²) in [7, 11) is 0. The molecule has 2 N–H and O–H groups in total. The van der Waals surface area contributed by atoms with Crippen LogP contribution < -0.4 is 5.73 Å². The summed E-state index contributed by atoms with van der Waals surface area (Å²) < 4.78 is 0. The Bertz CT molecular complexity index is 412. The van der Waals surface area contributed by atoms with Crippen LogP contribution in [0.1, 0.15) is 63.6 Å². The van der Waals surface area contributed by atoms with Crippen molar-refractivity contribution in [2.24, 2.45) is 11.7 Å². The van der Waals surface area contributed by atoms with Gasteiger partial charge in [0.25, 0.3) is 0 Å². The predicted molar refractivity (Wildman–Crippen MR) is 91.4 cm³/mol. The van der Waals surface area contributed by atoms with Crippen LogP contribution in [0.2, 0.25) is 0 Å². The highest BCUT2D eigenvalue weighted by atomic mass is 15.2. The van der Waals surface area contributed by atoms with Crippen molar-refractivity contribution in [1.82, 2.24) is 4.90 Å². The van der Waals surface area contributed by atoms with E-state index in [1.54, 1.807) is 0 Å². The van der Waals surface area contributed by atoms with Gasteiger partial charge in [-0.25, -0.2) is 0 Å². The van der Waals surface area contributed by atoms with Crippen LogP contribution in [0.15, 0.2) is 24.3 Å². The van der Waals surface area contributed by atoms with Gasteiger partial charge in [-0.05, 0) is 56.3 Å². The first-order valence-electron chi connectivity index (χ1n) is 8.75. The van der Waals surface area contributed by atoms with Gasteiger partial charge in [0.05, 0.1) is 0 Å². The molecule has 3 atom stereocenters. The van der Waals surface area contributed by atoms with E-state index in [1.807, 2.05) is 0 Å². The van der Waals surface area contributed by atoms with Gasteiger partial charge in [0.15, 0.2) is 0 Å². The van der Waals surface area contributed by atoms with Gasteiger partial charge in [0.1, 0.15) is 0 Å². The summed E-state index contributed by atoms with van der Waals surface area (Å²) in [6, 6.07) is 10.3. The van der Waals surface area contributed by atoms with Crippen LogP contribution in [0.5, 0.6) is 0 Å². The monoisotopic (exact) mass is 288 g/mol. The molecule has 0 saturated heterocycles. The summed E-state index contributed by atoms with van der Waals surface area (Å²) in [6.07, 6.45) is 6.45. The fourth-order valence-corrected chi connectivity index (χ4v) is 3.92. The van der Waals surface area contributed by atoms with Gasteiger partial charge in [-0.2, -0.15) is 0 Å². The van der Waals surface area contributed by atoms with E-state index >= 15 is 0 Å². The summed E-state index contributed by atoms with van der Waals surface area (Å²) in [5, 5.41) is 0. The molecule has 1 aromatic carbocycles. The molecule has 2 rings (SSSR count). The highest BCUT2D eigenvalue weighted by Crippen LogP contribution is 2.33. The number of benzene rings is 1. The summed E-state index contributed by atoms with van der Waals surface area (Å²) in [5.41, 5.74) is 8.90. The van der Waals surface area contributed by atoms with Crippen LogP contribution in [0, 0.1) is 5.92 Å². The quantitative estimate of drug-likeness (QED) is 0.852. The van der Waals surface area contributed by atoms with Gasteiger partial charge in [-0.1, -0.05) is 51.0 Å². The van der Waals surface area contributed by atoms with Gasteiger partial charge in [-0.15, -0.1) is 0 Å². The number of nitrogens with zero attached hydrogens (tertiary/aromatic N) is 1. The lowest BCUT2D eigenvalue weighted by atomic mass is 9.82. The second-order valence-electron chi connectivity index (χ2n) is 6.45. The Hall–Kier alpha value is -0.860. The Labute approximate surface area is 130 Å². The van der Waals surface area contributed by atoms with Crippen LogP contribution in [-0.2, 0) is 6.42 Å². The Balaban J connectivity index is 2.14. The number of rotatable bonds is 6. The second kappa shape index (κ2) is 7.95. The maximum atomic E-state index is 6.04. The van der Waals surface area contributed by atoms with E-state index in [0.717, 1.165) is 19.5 Å². The molecule has 1 fully saturated rings. The van der Waals surface area contributed by atoms with Gasteiger partial charge in [0, 0.05) is 12.1 Å².